The molecule has 0 unspecified atom stereocenters. The second kappa shape index (κ2) is 6.13. The van der Waals surface area contributed by atoms with Crippen LogP contribution in [0.25, 0.3) is 0 Å². The molecule has 1 radical (unpaired) electrons. The van der Waals surface area contributed by atoms with Crippen LogP contribution in [0.3, 0.4) is 0 Å². The van der Waals surface area contributed by atoms with E-state index >= 15 is 0 Å². The van der Waals surface area contributed by atoms with Crippen LogP contribution in [0.4, 0.5) is 0 Å². The van der Waals surface area contributed by atoms with Crippen LogP contribution in [0.15, 0.2) is 24.3 Å². The number of nitrogens with zero attached hydrogens (tertiary/aromatic N) is 1. The molecule has 3 rings (SSSR count). The Hall–Kier alpha value is -1.43. The number of nitrogens with two attached hydrogens (primary N) is 1. The fraction of sp³-hybridized carbons (Fsp3) is 0.500. The molecule has 1 spiro atoms. The summed E-state index contributed by atoms with van der Waals surface area (Å²) in [7, 11) is 0. The Balaban J connectivity index is 1.54. The van der Waals surface area contributed by atoms with Crippen molar-refractivity contribution in [2.24, 2.45) is 5.73 Å². The van der Waals surface area contributed by atoms with Gasteiger partial charge in [-0.2, -0.15) is 0 Å². The topological polar surface area (TPSA) is 64.8 Å². The van der Waals surface area contributed by atoms with Gasteiger partial charge in [0, 0.05) is 44.5 Å². The SMILES string of the molecule is NC(=O)c1ccccc1[CH]CN1CCC2(CC1)OCCO2. The van der Waals surface area contributed by atoms with Crippen molar-refractivity contribution in [2.45, 2.75) is 18.6 Å². The molecule has 1 amide bonds. The summed E-state index contributed by atoms with van der Waals surface area (Å²) in [5, 5.41) is 0. The third kappa shape index (κ3) is 3.26. The Morgan fingerprint density at radius 1 is 1.24 bits per heavy atom. The van der Waals surface area contributed by atoms with E-state index in [1.165, 1.54) is 0 Å². The standard InChI is InChI=1S/C16H21N2O3/c17-15(19)14-4-2-1-3-13(14)5-8-18-9-6-16(7-10-18)20-11-12-21-16/h1-5H,6-12H2,(H2,17,19). The number of hydrogen-bond donors (Lipinski definition) is 1. The predicted molar refractivity (Wildman–Crippen MR) is 78.7 cm³/mol. The minimum absolute atomic E-state index is 0.332. The van der Waals surface area contributed by atoms with Crippen molar-refractivity contribution in [3.05, 3.63) is 41.8 Å². The average Bonchev–Trinajstić information content (AvgIpc) is 2.95. The lowest BCUT2D eigenvalue weighted by molar-refractivity contribution is -0.184. The molecule has 2 fully saturated rings. The van der Waals surface area contributed by atoms with Gasteiger partial charge < -0.3 is 20.1 Å². The van der Waals surface area contributed by atoms with E-state index < -0.39 is 0 Å². The Kier molecular flexibility index (Phi) is 4.24. The molecule has 2 N–H and O–H groups in total. The third-order valence-electron chi connectivity index (χ3n) is 4.23. The fourth-order valence-electron chi connectivity index (χ4n) is 2.99. The van der Waals surface area contributed by atoms with Gasteiger partial charge in [-0.1, -0.05) is 18.2 Å². The maximum Gasteiger partial charge on any atom is 0.248 e. The predicted octanol–water partition coefficient (Wildman–Crippen LogP) is 1.18. The third-order valence-corrected chi connectivity index (χ3v) is 4.23. The summed E-state index contributed by atoms with van der Waals surface area (Å²) in [6, 6.07) is 7.44. The van der Waals surface area contributed by atoms with Crippen molar-refractivity contribution < 1.29 is 14.3 Å². The quantitative estimate of drug-likeness (QED) is 0.904. The van der Waals surface area contributed by atoms with Crippen LogP contribution in [0.1, 0.15) is 28.8 Å². The molecular formula is C16H21N2O3. The number of rotatable bonds is 4. The molecule has 1 aromatic carbocycles. The maximum atomic E-state index is 11.4. The number of ether oxygens (including phenoxy) is 2. The minimum atomic E-state index is -0.382. The molecule has 1 aromatic rings. The van der Waals surface area contributed by atoms with Crippen LogP contribution in [-0.4, -0.2) is 49.4 Å². The van der Waals surface area contributed by atoms with Crippen LogP contribution in [0, 0.1) is 6.42 Å². The highest BCUT2D eigenvalue weighted by atomic mass is 16.7. The molecule has 2 heterocycles. The number of piperidine rings is 1. The van der Waals surface area contributed by atoms with E-state index in [4.69, 9.17) is 15.2 Å². The zero-order chi connectivity index (χ0) is 14.7. The second-order valence-electron chi connectivity index (χ2n) is 5.56. The molecule has 21 heavy (non-hydrogen) atoms. The van der Waals surface area contributed by atoms with Crippen molar-refractivity contribution in [3.63, 3.8) is 0 Å². The van der Waals surface area contributed by atoms with E-state index in [1.807, 2.05) is 18.2 Å². The van der Waals surface area contributed by atoms with Gasteiger partial charge in [0.2, 0.25) is 5.91 Å². The number of hydrogen-bond acceptors (Lipinski definition) is 4. The Morgan fingerprint density at radius 2 is 1.90 bits per heavy atom. The number of carbonyl (C=O) groups excluding carboxylic acids is 1. The van der Waals surface area contributed by atoms with Crippen LogP contribution in [0.5, 0.6) is 0 Å². The molecule has 0 aromatic heterocycles. The minimum Gasteiger partial charge on any atom is -0.366 e. The van der Waals surface area contributed by atoms with Gasteiger partial charge in [0.05, 0.1) is 13.2 Å². The highest BCUT2D eigenvalue weighted by Gasteiger charge is 2.39. The first-order valence-electron chi connectivity index (χ1n) is 7.41. The van der Waals surface area contributed by atoms with Crippen molar-refractivity contribution >= 4 is 5.91 Å². The van der Waals surface area contributed by atoms with Crippen molar-refractivity contribution in [1.82, 2.24) is 4.90 Å². The first-order valence-corrected chi connectivity index (χ1v) is 7.41. The summed E-state index contributed by atoms with van der Waals surface area (Å²) in [4.78, 5) is 13.7. The van der Waals surface area contributed by atoms with Gasteiger partial charge >= 0.3 is 0 Å². The molecule has 0 atom stereocenters. The van der Waals surface area contributed by atoms with Crippen molar-refractivity contribution in [3.8, 4) is 0 Å². The van der Waals surface area contributed by atoms with Gasteiger partial charge in [0.1, 0.15) is 0 Å². The maximum absolute atomic E-state index is 11.4. The number of primary amides is 1. The normalized spacial score (nSPS) is 21.7. The molecular weight excluding hydrogens is 268 g/mol. The lowest BCUT2D eigenvalue weighted by Crippen LogP contribution is -2.45. The molecule has 2 aliphatic heterocycles. The average molecular weight is 289 g/mol. The van der Waals surface area contributed by atoms with E-state index in [9.17, 15) is 4.79 Å². The number of benzene rings is 1. The monoisotopic (exact) mass is 289 g/mol. The molecule has 0 aliphatic carbocycles. The zero-order valence-electron chi connectivity index (χ0n) is 12.1. The Morgan fingerprint density at radius 3 is 2.57 bits per heavy atom. The number of carbonyl (C=O) groups is 1. The smallest absolute Gasteiger partial charge is 0.248 e. The summed E-state index contributed by atoms with van der Waals surface area (Å²) in [6.07, 6.45) is 3.87. The summed E-state index contributed by atoms with van der Waals surface area (Å²) in [5.41, 5.74) is 6.88. The summed E-state index contributed by atoms with van der Waals surface area (Å²) in [6.45, 7) is 4.10. The van der Waals surface area contributed by atoms with Crippen molar-refractivity contribution in [1.29, 1.82) is 0 Å². The van der Waals surface area contributed by atoms with Crippen LogP contribution >= 0.6 is 0 Å². The summed E-state index contributed by atoms with van der Waals surface area (Å²) >= 11 is 0. The van der Waals surface area contributed by atoms with Gasteiger partial charge in [-0.3, -0.25) is 4.79 Å². The fourth-order valence-corrected chi connectivity index (χ4v) is 2.99. The first-order chi connectivity index (χ1) is 10.2. The van der Waals surface area contributed by atoms with E-state index in [1.54, 1.807) is 6.07 Å². The Labute approximate surface area is 125 Å². The lowest BCUT2D eigenvalue weighted by Gasteiger charge is -2.37. The van der Waals surface area contributed by atoms with Crippen LogP contribution < -0.4 is 5.73 Å². The van der Waals surface area contributed by atoms with Gasteiger partial charge in [0.15, 0.2) is 5.79 Å². The molecule has 5 nitrogen and oxygen atoms in total. The van der Waals surface area contributed by atoms with Gasteiger partial charge in [0.25, 0.3) is 0 Å². The molecule has 2 saturated heterocycles. The van der Waals surface area contributed by atoms with E-state index in [0.717, 1.165) is 38.0 Å². The molecule has 2 aliphatic rings. The molecule has 0 saturated carbocycles. The zero-order valence-corrected chi connectivity index (χ0v) is 12.1. The second-order valence-corrected chi connectivity index (χ2v) is 5.56. The van der Waals surface area contributed by atoms with Gasteiger partial charge in [-0.15, -0.1) is 0 Å². The van der Waals surface area contributed by atoms with Crippen molar-refractivity contribution in [2.75, 3.05) is 32.8 Å². The number of likely N-dealkylation sites (tertiary alicyclic amines) is 1. The van der Waals surface area contributed by atoms with Gasteiger partial charge in [-0.25, -0.2) is 0 Å². The highest BCUT2D eigenvalue weighted by molar-refractivity contribution is 5.94. The number of amides is 1. The first kappa shape index (κ1) is 14.5. The van der Waals surface area contributed by atoms with E-state index in [-0.39, 0.29) is 11.7 Å². The largest absolute Gasteiger partial charge is 0.366 e. The highest BCUT2D eigenvalue weighted by Crippen LogP contribution is 2.31. The lowest BCUT2D eigenvalue weighted by atomic mass is 10.0. The van der Waals surface area contributed by atoms with E-state index in [0.29, 0.717) is 18.8 Å². The summed E-state index contributed by atoms with van der Waals surface area (Å²) in [5.74, 6) is -0.714. The molecule has 0 bridgehead atoms. The van der Waals surface area contributed by atoms with E-state index in [2.05, 4.69) is 11.3 Å². The molecule has 113 valence electrons. The van der Waals surface area contributed by atoms with Crippen LogP contribution in [0.2, 0.25) is 0 Å². The molecule has 5 heteroatoms. The van der Waals surface area contributed by atoms with Crippen LogP contribution in [-0.2, 0) is 9.47 Å². The van der Waals surface area contributed by atoms with Gasteiger partial charge in [-0.05, 0) is 11.6 Å². The summed E-state index contributed by atoms with van der Waals surface area (Å²) < 4.78 is 11.4. The Bertz CT molecular complexity index is 502.